The van der Waals surface area contributed by atoms with Gasteiger partial charge in [0.15, 0.2) is 4.96 Å². The van der Waals surface area contributed by atoms with E-state index < -0.39 is 0 Å². The fourth-order valence-electron chi connectivity index (χ4n) is 3.03. The van der Waals surface area contributed by atoms with Crippen LogP contribution in [-0.4, -0.2) is 21.9 Å². The van der Waals surface area contributed by atoms with Crippen molar-refractivity contribution in [3.05, 3.63) is 87.3 Å². The van der Waals surface area contributed by atoms with Gasteiger partial charge in [-0.1, -0.05) is 6.07 Å². The lowest BCUT2D eigenvalue weighted by Crippen LogP contribution is -2.15. The average Bonchev–Trinajstić information content (AvgIpc) is 3.24. The number of carbonyl (C=O) groups is 1. The minimum absolute atomic E-state index is 0.110. The first-order valence-electron chi connectivity index (χ1n) is 9.77. The number of benzene rings is 2. The maximum absolute atomic E-state index is 12.7. The van der Waals surface area contributed by atoms with Crippen LogP contribution in [0.4, 0.5) is 5.69 Å². The number of thiazole rings is 1. The summed E-state index contributed by atoms with van der Waals surface area (Å²) in [5.41, 5.74) is 2.40. The van der Waals surface area contributed by atoms with Gasteiger partial charge < -0.3 is 14.8 Å². The van der Waals surface area contributed by atoms with E-state index in [1.165, 1.54) is 21.8 Å². The lowest BCUT2D eigenvalue weighted by molar-refractivity contribution is 0.102. The van der Waals surface area contributed by atoms with Gasteiger partial charge in [0.1, 0.15) is 18.1 Å². The van der Waals surface area contributed by atoms with E-state index in [9.17, 15) is 9.59 Å². The number of nitrogens with zero attached hydrogens (tertiary/aromatic N) is 2. The number of carbonyl (C=O) groups excluding carboxylic acids is 1. The number of aromatic nitrogens is 2. The third kappa shape index (κ3) is 4.75. The van der Waals surface area contributed by atoms with Crippen molar-refractivity contribution < 1.29 is 14.3 Å². The Hall–Kier alpha value is -3.65. The molecule has 31 heavy (non-hydrogen) atoms. The second-order valence-electron chi connectivity index (χ2n) is 6.84. The molecule has 1 N–H and O–H groups in total. The van der Waals surface area contributed by atoms with Crippen LogP contribution in [-0.2, 0) is 6.61 Å². The maximum atomic E-state index is 12.7. The molecule has 0 bridgehead atoms. The first kappa shape index (κ1) is 20.6. The summed E-state index contributed by atoms with van der Waals surface area (Å²) < 4.78 is 12.8. The summed E-state index contributed by atoms with van der Waals surface area (Å²) in [6.45, 7) is 4.52. The molecule has 0 aliphatic carbocycles. The van der Waals surface area contributed by atoms with Crippen molar-refractivity contribution in [2.75, 3.05) is 11.9 Å². The van der Waals surface area contributed by atoms with Crippen LogP contribution in [0.3, 0.4) is 0 Å². The zero-order valence-electron chi connectivity index (χ0n) is 17.1. The molecular weight excluding hydrogens is 414 g/mol. The molecule has 0 fully saturated rings. The molecule has 0 unspecified atom stereocenters. The Morgan fingerprint density at radius 3 is 2.71 bits per heavy atom. The Bertz CT molecular complexity index is 1280. The second kappa shape index (κ2) is 9.01. The highest BCUT2D eigenvalue weighted by Gasteiger charge is 2.12. The molecule has 0 aliphatic rings. The Balaban J connectivity index is 1.51. The van der Waals surface area contributed by atoms with E-state index in [2.05, 4.69) is 10.3 Å². The maximum Gasteiger partial charge on any atom is 0.258 e. The number of aryl methyl sites for hydroxylation is 1. The molecule has 2 aromatic heterocycles. The van der Waals surface area contributed by atoms with E-state index in [4.69, 9.17) is 9.47 Å². The van der Waals surface area contributed by atoms with Crippen molar-refractivity contribution in [1.29, 1.82) is 0 Å². The molecule has 2 aromatic carbocycles. The Labute approximate surface area is 182 Å². The minimum atomic E-state index is -0.256. The molecule has 0 atom stereocenters. The average molecular weight is 436 g/mol. The number of rotatable bonds is 7. The largest absolute Gasteiger partial charge is 0.494 e. The third-order valence-corrected chi connectivity index (χ3v) is 5.30. The van der Waals surface area contributed by atoms with E-state index in [-0.39, 0.29) is 18.1 Å². The highest BCUT2D eigenvalue weighted by Crippen LogP contribution is 2.27. The lowest BCUT2D eigenvalue weighted by Gasteiger charge is -2.13. The van der Waals surface area contributed by atoms with Crippen molar-refractivity contribution in [2.24, 2.45) is 0 Å². The van der Waals surface area contributed by atoms with Crippen molar-refractivity contribution in [1.82, 2.24) is 9.38 Å². The van der Waals surface area contributed by atoms with E-state index in [1.54, 1.807) is 36.5 Å². The smallest absolute Gasteiger partial charge is 0.258 e. The molecule has 8 heteroatoms. The van der Waals surface area contributed by atoms with Gasteiger partial charge in [-0.05, 0) is 55.8 Å². The standard InChI is InChI=1S/C23H21N3O4S/c1-3-29-18-7-5-16(6-8-18)22(28)25-19-9-4-15(2)12-20(19)30-14-17-13-21(27)26-10-11-31-23(26)24-17/h4-13H,3,14H2,1-2H3,(H,25,28). The van der Waals surface area contributed by atoms with Crippen molar-refractivity contribution >= 4 is 27.9 Å². The van der Waals surface area contributed by atoms with Gasteiger partial charge in [0, 0.05) is 23.2 Å². The Kier molecular flexibility index (Phi) is 5.99. The van der Waals surface area contributed by atoms with Crippen LogP contribution in [0.1, 0.15) is 28.5 Å². The molecule has 0 saturated carbocycles. The normalized spacial score (nSPS) is 10.8. The molecule has 2 heterocycles. The number of fused-ring (bicyclic) bond motifs is 1. The highest BCUT2D eigenvalue weighted by molar-refractivity contribution is 7.15. The van der Waals surface area contributed by atoms with Gasteiger partial charge in [-0.15, -0.1) is 11.3 Å². The minimum Gasteiger partial charge on any atom is -0.494 e. The lowest BCUT2D eigenvalue weighted by atomic mass is 10.1. The van der Waals surface area contributed by atoms with Crippen LogP contribution in [0.25, 0.3) is 4.96 Å². The summed E-state index contributed by atoms with van der Waals surface area (Å²) in [5.74, 6) is 0.963. The van der Waals surface area contributed by atoms with Gasteiger partial charge in [0.2, 0.25) is 0 Å². The van der Waals surface area contributed by atoms with Crippen LogP contribution < -0.4 is 20.3 Å². The molecule has 4 aromatic rings. The Morgan fingerprint density at radius 1 is 1.13 bits per heavy atom. The van der Waals surface area contributed by atoms with Gasteiger partial charge in [0.05, 0.1) is 18.0 Å². The van der Waals surface area contributed by atoms with Gasteiger partial charge in [-0.25, -0.2) is 4.98 Å². The zero-order valence-corrected chi connectivity index (χ0v) is 17.9. The van der Waals surface area contributed by atoms with E-state index in [1.807, 2.05) is 31.4 Å². The summed E-state index contributed by atoms with van der Waals surface area (Å²) in [7, 11) is 0. The van der Waals surface area contributed by atoms with Crippen molar-refractivity contribution in [3.8, 4) is 11.5 Å². The third-order valence-electron chi connectivity index (χ3n) is 4.54. The zero-order chi connectivity index (χ0) is 21.8. The summed E-state index contributed by atoms with van der Waals surface area (Å²) in [4.78, 5) is 29.9. The fraction of sp³-hybridized carbons (Fsp3) is 0.174. The molecule has 0 saturated heterocycles. The first-order chi connectivity index (χ1) is 15.0. The van der Waals surface area contributed by atoms with Crippen LogP contribution in [0.15, 0.2) is 64.9 Å². The highest BCUT2D eigenvalue weighted by atomic mass is 32.1. The SMILES string of the molecule is CCOc1ccc(C(=O)Nc2ccc(C)cc2OCc2cc(=O)n3ccsc3n2)cc1. The fourth-order valence-corrected chi connectivity index (χ4v) is 3.77. The first-order valence-corrected chi connectivity index (χ1v) is 10.6. The molecule has 4 rings (SSSR count). The number of anilines is 1. The van der Waals surface area contributed by atoms with Gasteiger partial charge in [-0.3, -0.25) is 14.0 Å². The predicted molar refractivity (Wildman–Crippen MR) is 120 cm³/mol. The van der Waals surface area contributed by atoms with E-state index in [0.717, 1.165) is 5.56 Å². The molecule has 0 aliphatic heterocycles. The number of hydrogen-bond donors (Lipinski definition) is 1. The molecule has 1 amide bonds. The molecule has 0 radical (unpaired) electrons. The van der Waals surface area contributed by atoms with E-state index >= 15 is 0 Å². The number of nitrogens with one attached hydrogen (secondary N) is 1. The number of amides is 1. The van der Waals surface area contributed by atoms with Crippen LogP contribution in [0.2, 0.25) is 0 Å². The van der Waals surface area contributed by atoms with Crippen LogP contribution in [0, 0.1) is 6.92 Å². The molecule has 0 spiro atoms. The van der Waals surface area contributed by atoms with Gasteiger partial charge >= 0.3 is 0 Å². The summed E-state index contributed by atoms with van der Waals surface area (Å²) >= 11 is 1.38. The molecule has 158 valence electrons. The Morgan fingerprint density at radius 2 is 1.94 bits per heavy atom. The number of hydrogen-bond acceptors (Lipinski definition) is 6. The van der Waals surface area contributed by atoms with Crippen LogP contribution >= 0.6 is 11.3 Å². The quantitative estimate of drug-likeness (QED) is 0.468. The summed E-state index contributed by atoms with van der Waals surface area (Å²) in [6.07, 6.45) is 1.69. The van der Waals surface area contributed by atoms with E-state index in [0.29, 0.717) is 40.0 Å². The van der Waals surface area contributed by atoms with Gasteiger partial charge in [0.25, 0.3) is 11.5 Å². The molecule has 7 nitrogen and oxygen atoms in total. The predicted octanol–water partition coefficient (Wildman–Crippen LogP) is 4.29. The number of ether oxygens (including phenoxy) is 2. The van der Waals surface area contributed by atoms with Crippen LogP contribution in [0.5, 0.6) is 11.5 Å². The van der Waals surface area contributed by atoms with Crippen molar-refractivity contribution in [2.45, 2.75) is 20.5 Å². The molecular formula is C23H21N3O4S. The monoisotopic (exact) mass is 435 g/mol. The topological polar surface area (TPSA) is 81.9 Å². The summed E-state index contributed by atoms with van der Waals surface area (Å²) in [5, 5.41) is 4.70. The second-order valence-corrected chi connectivity index (χ2v) is 7.71. The van der Waals surface area contributed by atoms with Crippen molar-refractivity contribution in [3.63, 3.8) is 0 Å². The summed E-state index contributed by atoms with van der Waals surface area (Å²) in [6, 6.07) is 13.9. The van der Waals surface area contributed by atoms with Gasteiger partial charge in [-0.2, -0.15) is 0 Å².